The summed E-state index contributed by atoms with van der Waals surface area (Å²) in [6.07, 6.45) is 0. The van der Waals surface area contributed by atoms with E-state index in [0.717, 1.165) is 10.1 Å². The Morgan fingerprint density at radius 3 is 2.45 bits per heavy atom. The number of halogens is 1. The van der Waals surface area contributed by atoms with Gasteiger partial charge in [-0.25, -0.2) is 4.79 Å². The number of carbonyl (C=O) groups excluding carboxylic acids is 1. The smallest absolute Gasteiger partial charge is 0.335 e. The quantitative estimate of drug-likeness (QED) is 0.383. The molecule has 0 saturated carbocycles. The number of carboxylic acids is 1. The Morgan fingerprint density at radius 1 is 0.931 bits per heavy atom. The van der Waals surface area contributed by atoms with E-state index in [-0.39, 0.29) is 18.0 Å². The molecule has 0 bridgehead atoms. The largest absolute Gasteiger partial charge is 0.487 e. The first-order valence-electron chi connectivity index (χ1n) is 8.80. The van der Waals surface area contributed by atoms with E-state index in [1.807, 2.05) is 24.3 Å². The molecule has 1 N–H and O–H groups in total. The summed E-state index contributed by atoms with van der Waals surface area (Å²) in [5.41, 5.74) is 1.43. The highest BCUT2D eigenvalue weighted by molar-refractivity contribution is 7.21. The molecule has 4 rings (SSSR count). The fourth-order valence-electron chi connectivity index (χ4n) is 3.00. The second kappa shape index (κ2) is 8.07. The van der Waals surface area contributed by atoms with Crippen LogP contribution in [0.2, 0.25) is 5.02 Å². The lowest BCUT2D eigenvalue weighted by Gasteiger charge is -2.09. The Kier molecular flexibility index (Phi) is 5.34. The molecule has 4 aromatic rings. The Morgan fingerprint density at radius 2 is 1.69 bits per heavy atom. The molecular formula is C23H15ClO4S. The topological polar surface area (TPSA) is 63.6 Å². The van der Waals surface area contributed by atoms with Gasteiger partial charge in [-0.3, -0.25) is 4.79 Å². The number of ether oxygens (including phenoxy) is 1. The molecule has 0 aliphatic heterocycles. The molecule has 0 atom stereocenters. The highest BCUT2D eigenvalue weighted by atomic mass is 35.5. The van der Waals surface area contributed by atoms with Gasteiger partial charge in [-0.05, 0) is 54.1 Å². The fraction of sp³-hybridized carbons (Fsp3) is 0.0435. The summed E-state index contributed by atoms with van der Waals surface area (Å²) in [6.45, 7) is 0.156. The van der Waals surface area contributed by atoms with Gasteiger partial charge in [-0.1, -0.05) is 35.9 Å². The van der Waals surface area contributed by atoms with E-state index < -0.39 is 5.97 Å². The van der Waals surface area contributed by atoms with Crippen molar-refractivity contribution in [1.29, 1.82) is 0 Å². The third-order valence-electron chi connectivity index (χ3n) is 4.42. The first kappa shape index (κ1) is 19.2. The molecular weight excluding hydrogens is 408 g/mol. The van der Waals surface area contributed by atoms with Crippen molar-refractivity contribution in [2.24, 2.45) is 0 Å². The second-order valence-electron chi connectivity index (χ2n) is 6.39. The summed E-state index contributed by atoms with van der Waals surface area (Å²) >= 11 is 7.31. The number of hydrogen-bond acceptors (Lipinski definition) is 4. The van der Waals surface area contributed by atoms with Gasteiger partial charge in [0.05, 0.1) is 5.56 Å². The molecule has 0 aliphatic carbocycles. The number of benzene rings is 3. The summed E-state index contributed by atoms with van der Waals surface area (Å²) in [7, 11) is 0. The zero-order chi connectivity index (χ0) is 20.4. The highest BCUT2D eigenvalue weighted by Gasteiger charge is 2.21. The van der Waals surface area contributed by atoms with Gasteiger partial charge < -0.3 is 9.84 Å². The minimum absolute atomic E-state index is 0.142. The Balaban J connectivity index is 1.70. The first-order valence-corrected chi connectivity index (χ1v) is 9.99. The van der Waals surface area contributed by atoms with Crippen molar-refractivity contribution < 1.29 is 19.4 Å². The molecule has 6 heteroatoms. The Bertz CT molecular complexity index is 1210. The van der Waals surface area contributed by atoms with Crippen molar-refractivity contribution in [2.75, 3.05) is 0 Å². The van der Waals surface area contributed by atoms with Crippen LogP contribution in [-0.2, 0) is 6.61 Å². The third-order valence-corrected chi connectivity index (χ3v) is 5.82. The van der Waals surface area contributed by atoms with Crippen molar-refractivity contribution in [3.8, 4) is 5.75 Å². The molecule has 0 radical (unpaired) electrons. The maximum absolute atomic E-state index is 13.1. The van der Waals surface area contributed by atoms with Gasteiger partial charge in [0.2, 0.25) is 5.78 Å². The van der Waals surface area contributed by atoms with Crippen LogP contribution >= 0.6 is 22.9 Å². The first-order chi connectivity index (χ1) is 14.0. The van der Waals surface area contributed by atoms with Crippen LogP contribution in [0.25, 0.3) is 10.1 Å². The highest BCUT2D eigenvalue weighted by Crippen LogP contribution is 2.39. The molecule has 1 heterocycles. The van der Waals surface area contributed by atoms with Crippen LogP contribution in [0.15, 0.2) is 72.8 Å². The number of ketones is 1. The summed E-state index contributed by atoms with van der Waals surface area (Å²) < 4.78 is 6.99. The lowest BCUT2D eigenvalue weighted by Crippen LogP contribution is -2.04. The van der Waals surface area contributed by atoms with Crippen molar-refractivity contribution in [3.05, 3.63) is 99.4 Å². The van der Waals surface area contributed by atoms with Crippen LogP contribution in [0.4, 0.5) is 0 Å². The van der Waals surface area contributed by atoms with Crippen LogP contribution in [0.3, 0.4) is 0 Å². The average molecular weight is 423 g/mol. The predicted molar refractivity (Wildman–Crippen MR) is 114 cm³/mol. The summed E-state index contributed by atoms with van der Waals surface area (Å²) in [5.74, 6) is -0.630. The number of carboxylic acid groups (broad SMARTS) is 1. The summed E-state index contributed by atoms with van der Waals surface area (Å²) in [6, 6.07) is 21.0. The average Bonchev–Trinajstić information content (AvgIpc) is 3.11. The second-order valence-corrected chi connectivity index (χ2v) is 7.88. The SMILES string of the molecule is O=C(O)c1cccc(COc2c(C(=O)c3ccc(Cl)cc3)sc3ccccc23)c1. The minimum Gasteiger partial charge on any atom is -0.487 e. The molecule has 1 aromatic heterocycles. The van der Waals surface area contributed by atoms with Crippen molar-refractivity contribution in [2.45, 2.75) is 6.61 Å². The van der Waals surface area contributed by atoms with Gasteiger partial charge in [0.15, 0.2) is 0 Å². The number of fused-ring (bicyclic) bond motifs is 1. The summed E-state index contributed by atoms with van der Waals surface area (Å²) in [5, 5.41) is 10.6. The molecule has 0 amide bonds. The molecule has 0 spiro atoms. The van der Waals surface area contributed by atoms with Crippen molar-refractivity contribution in [1.82, 2.24) is 0 Å². The molecule has 4 nitrogen and oxygen atoms in total. The van der Waals surface area contributed by atoms with Crippen molar-refractivity contribution in [3.63, 3.8) is 0 Å². The number of hydrogen-bond donors (Lipinski definition) is 1. The predicted octanol–water partition coefficient (Wildman–Crippen LogP) is 6.06. The van der Waals surface area contributed by atoms with Crippen LogP contribution in [0.5, 0.6) is 5.75 Å². The van der Waals surface area contributed by atoms with E-state index in [9.17, 15) is 14.7 Å². The van der Waals surface area contributed by atoms with E-state index >= 15 is 0 Å². The van der Waals surface area contributed by atoms with E-state index in [1.165, 1.54) is 17.4 Å². The molecule has 29 heavy (non-hydrogen) atoms. The van der Waals surface area contributed by atoms with E-state index in [2.05, 4.69) is 0 Å². The minimum atomic E-state index is -0.994. The van der Waals surface area contributed by atoms with Gasteiger partial charge in [0.25, 0.3) is 0 Å². The molecule has 3 aromatic carbocycles. The molecule has 0 fully saturated rings. The normalized spacial score (nSPS) is 10.8. The zero-order valence-electron chi connectivity index (χ0n) is 15.1. The molecule has 0 aliphatic rings. The fourth-order valence-corrected chi connectivity index (χ4v) is 4.23. The molecule has 0 saturated heterocycles. The van der Waals surface area contributed by atoms with E-state index in [0.29, 0.717) is 26.8 Å². The maximum atomic E-state index is 13.1. The van der Waals surface area contributed by atoms with Gasteiger partial charge in [0.1, 0.15) is 17.2 Å². The lowest BCUT2D eigenvalue weighted by atomic mass is 10.1. The lowest BCUT2D eigenvalue weighted by molar-refractivity contribution is 0.0696. The van der Waals surface area contributed by atoms with Gasteiger partial charge in [-0.15, -0.1) is 11.3 Å². The third kappa shape index (κ3) is 4.01. The molecule has 0 unspecified atom stereocenters. The van der Waals surface area contributed by atoms with E-state index in [1.54, 1.807) is 42.5 Å². The van der Waals surface area contributed by atoms with E-state index in [4.69, 9.17) is 16.3 Å². The van der Waals surface area contributed by atoms with Gasteiger partial charge in [0, 0.05) is 20.7 Å². The van der Waals surface area contributed by atoms with Crippen LogP contribution in [0.1, 0.15) is 31.2 Å². The maximum Gasteiger partial charge on any atom is 0.335 e. The van der Waals surface area contributed by atoms with Crippen LogP contribution in [0, 0.1) is 0 Å². The monoisotopic (exact) mass is 422 g/mol. The van der Waals surface area contributed by atoms with Crippen molar-refractivity contribution >= 4 is 44.8 Å². The standard InChI is InChI=1S/C23H15ClO4S/c24-17-10-8-15(9-11-17)20(25)22-21(18-6-1-2-7-19(18)29-22)28-13-14-4-3-5-16(12-14)23(26)27/h1-12H,13H2,(H,26,27). The Labute approximate surface area is 175 Å². The molecule has 144 valence electrons. The van der Waals surface area contributed by atoms with Crippen LogP contribution < -0.4 is 4.74 Å². The van der Waals surface area contributed by atoms with Gasteiger partial charge in [-0.2, -0.15) is 0 Å². The van der Waals surface area contributed by atoms with Gasteiger partial charge >= 0.3 is 5.97 Å². The summed E-state index contributed by atoms with van der Waals surface area (Å²) in [4.78, 5) is 24.8. The number of thiophene rings is 1. The number of rotatable bonds is 6. The number of aromatic carboxylic acids is 1. The zero-order valence-corrected chi connectivity index (χ0v) is 16.7. The van der Waals surface area contributed by atoms with Crippen LogP contribution in [-0.4, -0.2) is 16.9 Å². The Hall–Kier alpha value is -3.15. The number of carbonyl (C=O) groups is 2.